The maximum absolute atomic E-state index is 12.2. The van der Waals surface area contributed by atoms with Crippen molar-refractivity contribution >= 4 is 17.5 Å². The van der Waals surface area contributed by atoms with Gasteiger partial charge in [0.2, 0.25) is 0 Å². The molecule has 0 saturated carbocycles. The Labute approximate surface area is 125 Å². The van der Waals surface area contributed by atoms with Crippen LogP contribution in [0, 0.1) is 5.92 Å². The fourth-order valence-electron chi connectivity index (χ4n) is 2.56. The average molecular weight is 296 g/mol. The molecule has 20 heavy (non-hydrogen) atoms. The molecule has 3 nitrogen and oxygen atoms in total. The molecule has 1 aromatic rings. The van der Waals surface area contributed by atoms with Gasteiger partial charge in [0.05, 0.1) is 13.2 Å². The molecule has 2 rings (SSSR count). The minimum absolute atomic E-state index is 0.00428. The van der Waals surface area contributed by atoms with Crippen LogP contribution in [0.4, 0.5) is 0 Å². The third-order valence-corrected chi connectivity index (χ3v) is 3.97. The average Bonchev–Trinajstić information content (AvgIpc) is 2.92. The molecule has 0 radical (unpaired) electrons. The number of ether oxygens (including phenoxy) is 1. The summed E-state index contributed by atoms with van der Waals surface area (Å²) in [5, 5.41) is 3.02. The van der Waals surface area contributed by atoms with Crippen LogP contribution in [-0.4, -0.2) is 18.3 Å². The molecule has 1 aliphatic rings. The molecule has 1 N–H and O–H groups in total. The van der Waals surface area contributed by atoms with Gasteiger partial charge in [-0.3, -0.25) is 4.79 Å². The van der Waals surface area contributed by atoms with Gasteiger partial charge in [-0.2, -0.15) is 0 Å². The van der Waals surface area contributed by atoms with Crippen LogP contribution < -0.4 is 5.32 Å². The molecule has 1 amide bonds. The summed E-state index contributed by atoms with van der Waals surface area (Å²) < 4.78 is 5.37. The second-order valence-electron chi connectivity index (χ2n) is 5.32. The highest BCUT2D eigenvalue weighted by molar-refractivity contribution is 6.17. The Bertz CT molecular complexity index is 456. The number of alkyl halides is 1. The predicted octanol–water partition coefficient (Wildman–Crippen LogP) is 3.49. The third-order valence-electron chi connectivity index (χ3n) is 3.75. The summed E-state index contributed by atoms with van der Waals surface area (Å²) in [5.41, 5.74) is 3.03. The number of rotatable bonds is 7. The largest absolute Gasteiger partial charge is 0.372 e. The lowest BCUT2D eigenvalue weighted by molar-refractivity contribution is 0.0946. The number of carbonyl (C=O) groups is 1. The summed E-state index contributed by atoms with van der Waals surface area (Å²) in [6, 6.07) is 5.80. The van der Waals surface area contributed by atoms with E-state index in [-0.39, 0.29) is 5.91 Å². The second-order valence-corrected chi connectivity index (χ2v) is 5.70. The Morgan fingerprint density at radius 1 is 1.35 bits per heavy atom. The molecule has 0 aliphatic carbocycles. The molecule has 0 fully saturated rings. The maximum Gasteiger partial charge on any atom is 0.251 e. The van der Waals surface area contributed by atoms with Crippen LogP contribution in [0.5, 0.6) is 0 Å². The highest BCUT2D eigenvalue weighted by atomic mass is 35.5. The van der Waals surface area contributed by atoms with E-state index in [1.165, 1.54) is 5.56 Å². The van der Waals surface area contributed by atoms with E-state index in [1.807, 2.05) is 18.2 Å². The number of fused-ring (bicyclic) bond motifs is 1. The molecule has 1 unspecified atom stereocenters. The number of halogens is 1. The summed E-state index contributed by atoms with van der Waals surface area (Å²) in [6.07, 6.45) is 3.17. The van der Waals surface area contributed by atoms with Gasteiger partial charge in [-0.05, 0) is 42.0 Å². The van der Waals surface area contributed by atoms with Gasteiger partial charge in [-0.15, -0.1) is 11.6 Å². The van der Waals surface area contributed by atoms with Crippen LogP contribution >= 0.6 is 11.6 Å². The van der Waals surface area contributed by atoms with Crippen molar-refractivity contribution in [2.45, 2.75) is 39.4 Å². The number of carbonyl (C=O) groups excluding carboxylic acids is 1. The Balaban J connectivity index is 1.91. The maximum atomic E-state index is 12.2. The van der Waals surface area contributed by atoms with Crippen LogP contribution in [0.25, 0.3) is 0 Å². The standard InChI is InChI=1S/C16H22ClNO2/c1-2-3-12(6-7-17)9-18-16(19)13-4-5-14-10-20-11-15(14)8-13/h4-5,8,12H,2-3,6-7,9-11H2,1H3,(H,18,19). The fraction of sp³-hybridized carbons (Fsp3) is 0.562. The molecule has 0 aromatic heterocycles. The van der Waals surface area contributed by atoms with Crippen LogP contribution in [0.1, 0.15) is 47.7 Å². The van der Waals surface area contributed by atoms with Crippen molar-refractivity contribution in [1.29, 1.82) is 0 Å². The second kappa shape index (κ2) is 7.65. The lowest BCUT2D eigenvalue weighted by Crippen LogP contribution is -2.29. The van der Waals surface area contributed by atoms with E-state index in [1.54, 1.807) is 0 Å². The number of amides is 1. The molecule has 110 valence electrons. The number of nitrogens with one attached hydrogen (secondary N) is 1. The monoisotopic (exact) mass is 295 g/mol. The van der Waals surface area contributed by atoms with Crippen molar-refractivity contribution in [2.24, 2.45) is 5.92 Å². The Morgan fingerprint density at radius 2 is 2.15 bits per heavy atom. The summed E-state index contributed by atoms with van der Waals surface area (Å²) in [5.74, 6) is 1.12. The van der Waals surface area contributed by atoms with Crippen LogP contribution in [-0.2, 0) is 18.0 Å². The molecule has 1 atom stereocenters. The van der Waals surface area contributed by atoms with Gasteiger partial charge in [0, 0.05) is 18.0 Å². The van der Waals surface area contributed by atoms with Crippen molar-refractivity contribution in [3.05, 3.63) is 34.9 Å². The van der Waals surface area contributed by atoms with Gasteiger partial charge < -0.3 is 10.1 Å². The topological polar surface area (TPSA) is 38.3 Å². The van der Waals surface area contributed by atoms with E-state index in [4.69, 9.17) is 16.3 Å². The molecule has 1 aliphatic heterocycles. The molecule has 0 saturated heterocycles. The van der Waals surface area contributed by atoms with Gasteiger partial charge in [0.25, 0.3) is 5.91 Å². The zero-order chi connectivity index (χ0) is 14.4. The molecule has 0 bridgehead atoms. The fourth-order valence-corrected chi connectivity index (χ4v) is 2.87. The quantitative estimate of drug-likeness (QED) is 0.782. The molecule has 4 heteroatoms. The van der Waals surface area contributed by atoms with Gasteiger partial charge in [0.1, 0.15) is 0 Å². The molecule has 1 heterocycles. The van der Waals surface area contributed by atoms with Crippen LogP contribution in [0.15, 0.2) is 18.2 Å². The summed E-state index contributed by atoms with van der Waals surface area (Å²) in [6.45, 7) is 4.13. The first-order valence-electron chi connectivity index (χ1n) is 7.28. The number of hydrogen-bond acceptors (Lipinski definition) is 2. The van der Waals surface area contributed by atoms with Gasteiger partial charge >= 0.3 is 0 Å². The molecular formula is C16H22ClNO2. The predicted molar refractivity (Wildman–Crippen MR) is 81.0 cm³/mol. The lowest BCUT2D eigenvalue weighted by Gasteiger charge is -2.15. The highest BCUT2D eigenvalue weighted by Crippen LogP contribution is 2.21. The Hall–Kier alpha value is -1.06. The highest BCUT2D eigenvalue weighted by Gasteiger charge is 2.15. The van der Waals surface area contributed by atoms with Gasteiger partial charge in [-0.1, -0.05) is 19.4 Å². The Morgan fingerprint density at radius 3 is 2.90 bits per heavy atom. The first kappa shape index (κ1) is 15.3. The van der Waals surface area contributed by atoms with Crippen LogP contribution in [0.2, 0.25) is 0 Å². The Kier molecular flexibility index (Phi) is 5.86. The number of hydrogen-bond donors (Lipinski definition) is 1. The van der Waals surface area contributed by atoms with E-state index in [0.717, 1.165) is 30.4 Å². The summed E-state index contributed by atoms with van der Waals surface area (Å²) in [7, 11) is 0. The smallest absolute Gasteiger partial charge is 0.251 e. The van der Waals surface area contributed by atoms with Crippen molar-refractivity contribution in [3.8, 4) is 0 Å². The van der Waals surface area contributed by atoms with E-state index in [0.29, 0.717) is 31.6 Å². The van der Waals surface area contributed by atoms with E-state index >= 15 is 0 Å². The normalized spacial score (nSPS) is 14.9. The lowest BCUT2D eigenvalue weighted by atomic mass is 10.0. The van der Waals surface area contributed by atoms with Crippen molar-refractivity contribution < 1.29 is 9.53 Å². The molecule has 1 aromatic carbocycles. The number of benzene rings is 1. The van der Waals surface area contributed by atoms with E-state index in [9.17, 15) is 4.79 Å². The SMILES string of the molecule is CCCC(CCCl)CNC(=O)c1ccc2c(c1)COC2. The third kappa shape index (κ3) is 3.97. The first-order valence-corrected chi connectivity index (χ1v) is 7.81. The summed E-state index contributed by atoms with van der Waals surface area (Å²) >= 11 is 5.80. The van der Waals surface area contributed by atoms with Crippen LogP contribution in [0.3, 0.4) is 0 Å². The van der Waals surface area contributed by atoms with E-state index < -0.39 is 0 Å². The van der Waals surface area contributed by atoms with Gasteiger partial charge in [-0.25, -0.2) is 0 Å². The minimum Gasteiger partial charge on any atom is -0.372 e. The van der Waals surface area contributed by atoms with Crippen molar-refractivity contribution in [3.63, 3.8) is 0 Å². The molecular weight excluding hydrogens is 274 g/mol. The van der Waals surface area contributed by atoms with Crippen molar-refractivity contribution in [1.82, 2.24) is 5.32 Å². The first-order chi connectivity index (χ1) is 9.74. The van der Waals surface area contributed by atoms with Gasteiger partial charge in [0.15, 0.2) is 0 Å². The summed E-state index contributed by atoms with van der Waals surface area (Å²) in [4.78, 5) is 12.2. The molecule has 0 spiro atoms. The zero-order valence-corrected chi connectivity index (χ0v) is 12.7. The zero-order valence-electron chi connectivity index (χ0n) is 12.0. The van der Waals surface area contributed by atoms with Crippen molar-refractivity contribution in [2.75, 3.05) is 12.4 Å². The van der Waals surface area contributed by atoms with E-state index in [2.05, 4.69) is 12.2 Å². The minimum atomic E-state index is -0.00428.